The molecule has 24 heavy (non-hydrogen) atoms. The van der Waals surface area contributed by atoms with E-state index in [-0.39, 0.29) is 31.4 Å². The minimum Gasteiger partial charge on any atom is -0.373 e. The second-order valence-corrected chi connectivity index (χ2v) is 6.07. The number of nitrogen functional groups attached to an aromatic ring is 1. The lowest BCUT2D eigenvalue weighted by Gasteiger charge is -2.40. The van der Waals surface area contributed by atoms with Gasteiger partial charge >= 0.3 is 0 Å². The molecule has 1 unspecified atom stereocenters. The van der Waals surface area contributed by atoms with E-state index in [1.54, 1.807) is 13.1 Å². The molecular formula is C17H21F2N5. The molecule has 1 aliphatic rings. The summed E-state index contributed by atoms with van der Waals surface area (Å²) in [5, 5.41) is 2.92. The highest BCUT2D eigenvalue weighted by Gasteiger charge is 2.40. The van der Waals surface area contributed by atoms with Crippen molar-refractivity contribution in [2.75, 3.05) is 29.5 Å². The van der Waals surface area contributed by atoms with E-state index >= 15 is 0 Å². The van der Waals surface area contributed by atoms with Gasteiger partial charge in [-0.2, -0.15) is 9.97 Å². The van der Waals surface area contributed by atoms with Gasteiger partial charge in [-0.25, -0.2) is 8.78 Å². The maximum Gasteiger partial charge on any atom is 0.251 e. The van der Waals surface area contributed by atoms with Crippen molar-refractivity contribution in [1.82, 2.24) is 9.97 Å². The van der Waals surface area contributed by atoms with Gasteiger partial charge in [-0.3, -0.25) is 0 Å². The fourth-order valence-electron chi connectivity index (χ4n) is 3.12. The average molecular weight is 333 g/mol. The number of anilines is 3. The number of aromatic nitrogens is 2. The van der Waals surface area contributed by atoms with Crippen LogP contribution < -0.4 is 16.0 Å². The fraction of sp³-hybridized carbons (Fsp3) is 0.412. The molecule has 1 aromatic heterocycles. The van der Waals surface area contributed by atoms with Crippen LogP contribution in [0.5, 0.6) is 0 Å². The molecule has 2 heterocycles. The fourth-order valence-corrected chi connectivity index (χ4v) is 3.12. The van der Waals surface area contributed by atoms with Gasteiger partial charge in [0.1, 0.15) is 11.6 Å². The topological polar surface area (TPSA) is 67.1 Å². The van der Waals surface area contributed by atoms with Crippen molar-refractivity contribution < 1.29 is 8.78 Å². The van der Waals surface area contributed by atoms with Crippen LogP contribution >= 0.6 is 0 Å². The van der Waals surface area contributed by atoms with Crippen molar-refractivity contribution >= 4 is 17.6 Å². The maximum atomic E-state index is 14.0. The van der Waals surface area contributed by atoms with E-state index in [0.29, 0.717) is 18.1 Å². The van der Waals surface area contributed by atoms with Gasteiger partial charge in [0.05, 0.1) is 0 Å². The SMILES string of the molecule is CNc1cc(N2CCC(F)(F)CC2Cc2ccccc2)nc(N)n1. The van der Waals surface area contributed by atoms with Gasteiger partial charge in [-0.15, -0.1) is 0 Å². The van der Waals surface area contributed by atoms with Gasteiger partial charge < -0.3 is 16.0 Å². The second kappa shape index (κ2) is 6.59. The van der Waals surface area contributed by atoms with Crippen LogP contribution in [0.3, 0.4) is 0 Å². The summed E-state index contributed by atoms with van der Waals surface area (Å²) in [5.74, 6) is -1.36. The molecule has 0 amide bonds. The molecule has 0 spiro atoms. The largest absolute Gasteiger partial charge is 0.373 e. The number of nitrogens with one attached hydrogen (secondary N) is 1. The van der Waals surface area contributed by atoms with Crippen molar-refractivity contribution in [2.45, 2.75) is 31.2 Å². The normalized spacial score (nSPS) is 20.0. The van der Waals surface area contributed by atoms with Gasteiger partial charge in [-0.1, -0.05) is 30.3 Å². The van der Waals surface area contributed by atoms with Gasteiger partial charge in [0.15, 0.2) is 0 Å². The predicted octanol–water partition coefficient (Wildman–Crippen LogP) is 2.95. The Morgan fingerprint density at radius 3 is 2.75 bits per heavy atom. The first kappa shape index (κ1) is 16.4. The number of nitrogens with zero attached hydrogens (tertiary/aromatic N) is 3. The highest BCUT2D eigenvalue weighted by molar-refractivity contribution is 5.53. The summed E-state index contributed by atoms with van der Waals surface area (Å²) in [6.45, 7) is 0.240. The zero-order valence-electron chi connectivity index (χ0n) is 13.5. The number of nitrogens with two attached hydrogens (primary N) is 1. The number of hydrogen-bond acceptors (Lipinski definition) is 5. The molecule has 3 rings (SSSR count). The smallest absolute Gasteiger partial charge is 0.251 e. The first-order chi connectivity index (χ1) is 11.5. The van der Waals surface area contributed by atoms with E-state index in [2.05, 4.69) is 15.3 Å². The summed E-state index contributed by atoms with van der Waals surface area (Å²) in [4.78, 5) is 10.2. The minimum absolute atomic E-state index is 0.132. The van der Waals surface area contributed by atoms with E-state index in [1.165, 1.54) is 0 Å². The number of piperidine rings is 1. The molecule has 2 aromatic rings. The Kier molecular flexibility index (Phi) is 4.51. The lowest BCUT2D eigenvalue weighted by atomic mass is 9.93. The maximum absolute atomic E-state index is 14.0. The molecule has 1 atom stereocenters. The first-order valence-corrected chi connectivity index (χ1v) is 7.97. The molecule has 128 valence electrons. The molecule has 0 aliphatic carbocycles. The van der Waals surface area contributed by atoms with Crippen LogP contribution in [0.25, 0.3) is 0 Å². The van der Waals surface area contributed by atoms with Crippen LogP contribution in [0.15, 0.2) is 36.4 Å². The summed E-state index contributed by atoms with van der Waals surface area (Å²) in [6, 6.07) is 11.1. The summed E-state index contributed by atoms with van der Waals surface area (Å²) >= 11 is 0. The predicted molar refractivity (Wildman–Crippen MR) is 91.5 cm³/mol. The first-order valence-electron chi connectivity index (χ1n) is 7.97. The third-order valence-electron chi connectivity index (χ3n) is 4.29. The molecular weight excluding hydrogens is 312 g/mol. The molecule has 1 saturated heterocycles. The van der Waals surface area contributed by atoms with E-state index < -0.39 is 5.92 Å². The average Bonchev–Trinajstić information content (AvgIpc) is 2.54. The molecule has 0 bridgehead atoms. The zero-order valence-corrected chi connectivity index (χ0v) is 13.5. The number of alkyl halides is 2. The highest BCUT2D eigenvalue weighted by Crippen LogP contribution is 2.35. The standard InChI is InChI=1S/C17H21F2N5/c1-21-14-10-15(23-16(20)22-14)24-8-7-17(18,19)11-13(24)9-12-5-3-2-4-6-12/h2-6,10,13H,7-9,11H2,1H3,(H3,20,21,22,23). The van der Waals surface area contributed by atoms with Crippen molar-refractivity contribution in [1.29, 1.82) is 0 Å². The Morgan fingerprint density at radius 2 is 2.04 bits per heavy atom. The van der Waals surface area contributed by atoms with Crippen molar-refractivity contribution in [3.05, 3.63) is 42.0 Å². The van der Waals surface area contributed by atoms with E-state index in [4.69, 9.17) is 5.73 Å². The molecule has 1 aliphatic heterocycles. The number of hydrogen-bond donors (Lipinski definition) is 2. The molecule has 0 radical (unpaired) electrons. The summed E-state index contributed by atoms with van der Waals surface area (Å²) in [5.41, 5.74) is 6.78. The van der Waals surface area contributed by atoms with Gasteiger partial charge in [0.25, 0.3) is 5.92 Å². The number of rotatable bonds is 4. The minimum atomic E-state index is -2.65. The highest BCUT2D eigenvalue weighted by atomic mass is 19.3. The molecule has 1 aromatic carbocycles. The van der Waals surface area contributed by atoms with Crippen molar-refractivity contribution in [3.8, 4) is 0 Å². The summed E-state index contributed by atoms with van der Waals surface area (Å²) in [7, 11) is 1.73. The molecule has 7 heteroatoms. The Hall–Kier alpha value is -2.44. The Balaban J connectivity index is 1.90. The molecule has 3 N–H and O–H groups in total. The van der Waals surface area contributed by atoms with Crippen LogP contribution in [0.4, 0.5) is 26.4 Å². The monoisotopic (exact) mass is 333 g/mol. The van der Waals surface area contributed by atoms with Crippen LogP contribution in [-0.2, 0) is 6.42 Å². The lowest BCUT2D eigenvalue weighted by Crippen LogP contribution is -2.48. The molecule has 0 saturated carbocycles. The van der Waals surface area contributed by atoms with Crippen molar-refractivity contribution in [3.63, 3.8) is 0 Å². The number of halogens is 2. The second-order valence-electron chi connectivity index (χ2n) is 6.07. The van der Waals surface area contributed by atoms with Gasteiger partial charge in [-0.05, 0) is 12.0 Å². The van der Waals surface area contributed by atoms with Gasteiger partial charge in [0, 0.05) is 38.5 Å². The van der Waals surface area contributed by atoms with E-state index in [9.17, 15) is 8.78 Å². The van der Waals surface area contributed by atoms with Crippen LogP contribution in [0, 0.1) is 0 Å². The Labute approximate surface area is 139 Å². The van der Waals surface area contributed by atoms with Crippen LogP contribution in [-0.4, -0.2) is 35.5 Å². The summed E-state index contributed by atoms with van der Waals surface area (Å²) < 4.78 is 27.9. The van der Waals surface area contributed by atoms with Crippen LogP contribution in [0.1, 0.15) is 18.4 Å². The van der Waals surface area contributed by atoms with E-state index in [1.807, 2.05) is 35.2 Å². The third kappa shape index (κ3) is 3.72. The Bertz CT molecular complexity index is 693. The third-order valence-corrected chi connectivity index (χ3v) is 4.29. The Morgan fingerprint density at radius 1 is 1.29 bits per heavy atom. The van der Waals surface area contributed by atoms with Gasteiger partial charge in [0.2, 0.25) is 5.95 Å². The van der Waals surface area contributed by atoms with Crippen molar-refractivity contribution in [2.24, 2.45) is 0 Å². The quantitative estimate of drug-likeness (QED) is 0.900. The number of benzene rings is 1. The lowest BCUT2D eigenvalue weighted by molar-refractivity contribution is -0.0338. The van der Waals surface area contributed by atoms with Crippen LogP contribution in [0.2, 0.25) is 0 Å². The van der Waals surface area contributed by atoms with E-state index in [0.717, 1.165) is 5.56 Å². The molecule has 1 fully saturated rings. The summed E-state index contributed by atoms with van der Waals surface area (Å²) in [6.07, 6.45) is 0.160. The zero-order chi connectivity index (χ0) is 17.2. The molecule has 5 nitrogen and oxygen atoms in total.